The third-order valence-electron chi connectivity index (χ3n) is 2.61. The van der Waals surface area contributed by atoms with Gasteiger partial charge in [-0.15, -0.1) is 0 Å². The van der Waals surface area contributed by atoms with E-state index in [9.17, 15) is 14.9 Å². The number of nitro benzene ring substituents is 1. The Morgan fingerprint density at radius 3 is 2.79 bits per heavy atom. The van der Waals surface area contributed by atoms with Crippen LogP contribution in [0.4, 0.5) is 5.69 Å². The van der Waals surface area contributed by atoms with Crippen LogP contribution in [-0.4, -0.2) is 28.6 Å². The number of para-hydroxylation sites is 1. The van der Waals surface area contributed by atoms with Crippen LogP contribution in [0.3, 0.4) is 0 Å². The van der Waals surface area contributed by atoms with E-state index in [1.54, 1.807) is 18.2 Å². The molecule has 102 valence electrons. The number of nitrogens with one attached hydrogen (secondary N) is 1. The number of aliphatic hydroxyl groups is 1. The fourth-order valence-electron chi connectivity index (χ4n) is 1.49. The van der Waals surface area contributed by atoms with Gasteiger partial charge in [0.05, 0.1) is 23.1 Å². The van der Waals surface area contributed by atoms with E-state index >= 15 is 0 Å². The van der Waals surface area contributed by atoms with Crippen LogP contribution in [0, 0.1) is 10.1 Å². The summed E-state index contributed by atoms with van der Waals surface area (Å²) in [7, 11) is 0. The van der Waals surface area contributed by atoms with Gasteiger partial charge in [-0.25, -0.2) is 0 Å². The van der Waals surface area contributed by atoms with Gasteiger partial charge >= 0.3 is 0 Å². The molecule has 6 nitrogen and oxygen atoms in total. The molecule has 1 unspecified atom stereocenters. The maximum Gasteiger partial charge on any atom is 0.276 e. The minimum atomic E-state index is -0.500. The molecule has 0 bridgehead atoms. The highest BCUT2D eigenvalue weighted by Crippen LogP contribution is 2.18. The molecule has 2 N–H and O–H groups in total. The quantitative estimate of drug-likeness (QED) is 0.462. The third-order valence-corrected chi connectivity index (χ3v) is 2.61. The van der Waals surface area contributed by atoms with Crippen molar-refractivity contribution in [1.82, 2.24) is 5.32 Å². The second-order valence-electron chi connectivity index (χ2n) is 3.95. The molecule has 1 amide bonds. The topological polar surface area (TPSA) is 92.5 Å². The molecule has 1 rings (SSSR count). The van der Waals surface area contributed by atoms with Crippen LogP contribution in [0.25, 0.3) is 6.08 Å². The van der Waals surface area contributed by atoms with Crippen LogP contribution >= 0.6 is 0 Å². The zero-order valence-electron chi connectivity index (χ0n) is 10.6. The molecule has 0 heterocycles. The molecule has 1 aromatic carbocycles. The van der Waals surface area contributed by atoms with Gasteiger partial charge < -0.3 is 10.4 Å². The van der Waals surface area contributed by atoms with Crippen molar-refractivity contribution in [2.45, 2.75) is 19.4 Å². The van der Waals surface area contributed by atoms with Crippen LogP contribution in [0.2, 0.25) is 0 Å². The molecule has 0 aliphatic rings. The maximum absolute atomic E-state index is 11.5. The molecule has 0 spiro atoms. The Labute approximate surface area is 110 Å². The lowest BCUT2D eigenvalue weighted by atomic mass is 10.1. The molecular formula is C13H16N2O4. The van der Waals surface area contributed by atoms with E-state index in [1.807, 2.05) is 6.92 Å². The Morgan fingerprint density at radius 2 is 2.21 bits per heavy atom. The molecule has 0 aromatic heterocycles. The first-order chi connectivity index (χ1) is 9.08. The maximum atomic E-state index is 11.5. The molecule has 0 saturated heterocycles. The summed E-state index contributed by atoms with van der Waals surface area (Å²) in [4.78, 5) is 21.8. The molecule has 6 heteroatoms. The highest BCUT2D eigenvalue weighted by molar-refractivity contribution is 5.92. The van der Waals surface area contributed by atoms with Crippen molar-refractivity contribution in [2.24, 2.45) is 0 Å². The Kier molecular flexibility index (Phi) is 5.69. The minimum absolute atomic E-state index is 0.0549. The van der Waals surface area contributed by atoms with E-state index in [-0.39, 0.29) is 24.2 Å². The van der Waals surface area contributed by atoms with Crippen LogP contribution in [0.5, 0.6) is 0 Å². The Morgan fingerprint density at radius 1 is 1.53 bits per heavy atom. The Balaban J connectivity index is 2.76. The molecule has 0 saturated carbocycles. The summed E-state index contributed by atoms with van der Waals surface area (Å²) in [6.45, 7) is 1.70. The van der Waals surface area contributed by atoms with Crippen molar-refractivity contribution in [2.75, 3.05) is 6.61 Å². The second-order valence-corrected chi connectivity index (χ2v) is 3.95. The standard InChI is InChI=1S/C13H16N2O4/c1-2-11(9-16)14-13(17)8-7-10-5-3-4-6-12(10)15(18)19/h3-8,11,16H,2,9H2,1H3,(H,14,17). The van der Waals surface area contributed by atoms with Gasteiger partial charge in [-0.2, -0.15) is 0 Å². The number of nitro groups is 1. The summed E-state index contributed by atoms with van der Waals surface area (Å²) in [5.41, 5.74) is 0.306. The predicted molar refractivity (Wildman–Crippen MR) is 71.4 cm³/mol. The molecule has 0 aliphatic heterocycles. The molecule has 0 fully saturated rings. The number of nitrogens with zero attached hydrogens (tertiary/aromatic N) is 1. The summed E-state index contributed by atoms with van der Waals surface area (Å²) in [6.07, 6.45) is 3.22. The van der Waals surface area contributed by atoms with Gasteiger partial charge in [0.25, 0.3) is 5.69 Å². The van der Waals surface area contributed by atoms with E-state index < -0.39 is 4.92 Å². The number of hydrogen-bond acceptors (Lipinski definition) is 4. The predicted octanol–water partition coefficient (Wildman–Crippen LogP) is 1.50. The zero-order chi connectivity index (χ0) is 14.3. The smallest absolute Gasteiger partial charge is 0.276 e. The van der Waals surface area contributed by atoms with Crippen LogP contribution in [0.15, 0.2) is 30.3 Å². The average Bonchev–Trinajstić information content (AvgIpc) is 2.42. The lowest BCUT2D eigenvalue weighted by Gasteiger charge is -2.11. The number of amides is 1. The molecule has 1 atom stereocenters. The first-order valence-electron chi connectivity index (χ1n) is 5.91. The van der Waals surface area contributed by atoms with Crippen LogP contribution in [-0.2, 0) is 4.79 Å². The Bertz CT molecular complexity index is 481. The van der Waals surface area contributed by atoms with Crippen molar-refractivity contribution >= 4 is 17.7 Å². The van der Waals surface area contributed by atoms with E-state index in [0.29, 0.717) is 12.0 Å². The molecule has 1 aromatic rings. The van der Waals surface area contributed by atoms with E-state index in [2.05, 4.69) is 5.32 Å². The first-order valence-corrected chi connectivity index (χ1v) is 5.91. The zero-order valence-corrected chi connectivity index (χ0v) is 10.6. The normalized spacial score (nSPS) is 12.3. The van der Waals surface area contributed by atoms with Gasteiger partial charge in [-0.1, -0.05) is 19.1 Å². The summed E-state index contributed by atoms with van der Waals surface area (Å²) >= 11 is 0. The largest absolute Gasteiger partial charge is 0.394 e. The fraction of sp³-hybridized carbons (Fsp3) is 0.308. The highest BCUT2D eigenvalue weighted by atomic mass is 16.6. The summed E-state index contributed by atoms with van der Waals surface area (Å²) < 4.78 is 0. The van der Waals surface area contributed by atoms with Gasteiger partial charge in [-0.3, -0.25) is 14.9 Å². The number of carbonyl (C=O) groups is 1. The van der Waals surface area contributed by atoms with Gasteiger partial charge in [0.2, 0.25) is 5.91 Å². The van der Waals surface area contributed by atoms with Crippen molar-refractivity contribution in [1.29, 1.82) is 0 Å². The first kappa shape index (κ1) is 14.8. The van der Waals surface area contributed by atoms with E-state index in [4.69, 9.17) is 5.11 Å². The number of carbonyl (C=O) groups excluding carboxylic acids is 1. The lowest BCUT2D eigenvalue weighted by molar-refractivity contribution is -0.385. The molecule has 0 aliphatic carbocycles. The monoisotopic (exact) mass is 264 g/mol. The molecule has 19 heavy (non-hydrogen) atoms. The van der Waals surface area contributed by atoms with Crippen molar-refractivity contribution in [3.8, 4) is 0 Å². The van der Waals surface area contributed by atoms with E-state index in [0.717, 1.165) is 0 Å². The second kappa shape index (κ2) is 7.27. The minimum Gasteiger partial charge on any atom is -0.394 e. The number of benzene rings is 1. The van der Waals surface area contributed by atoms with E-state index in [1.165, 1.54) is 18.2 Å². The Hall–Kier alpha value is -2.21. The highest BCUT2D eigenvalue weighted by Gasteiger charge is 2.10. The van der Waals surface area contributed by atoms with Gasteiger partial charge in [-0.05, 0) is 18.6 Å². The van der Waals surface area contributed by atoms with Gasteiger partial charge in [0, 0.05) is 12.1 Å². The van der Waals surface area contributed by atoms with Crippen LogP contribution in [0.1, 0.15) is 18.9 Å². The summed E-state index contributed by atoms with van der Waals surface area (Å²) in [6, 6.07) is 5.86. The van der Waals surface area contributed by atoms with Crippen molar-refractivity contribution in [3.63, 3.8) is 0 Å². The van der Waals surface area contributed by atoms with Crippen LogP contribution < -0.4 is 5.32 Å². The van der Waals surface area contributed by atoms with Crippen molar-refractivity contribution < 1.29 is 14.8 Å². The van der Waals surface area contributed by atoms with Crippen molar-refractivity contribution in [3.05, 3.63) is 46.0 Å². The SMILES string of the molecule is CCC(CO)NC(=O)C=Cc1ccccc1[N+](=O)[O-]. The average molecular weight is 264 g/mol. The summed E-state index contributed by atoms with van der Waals surface area (Å²) in [5, 5.41) is 22.3. The number of hydrogen-bond donors (Lipinski definition) is 2. The van der Waals surface area contributed by atoms with Gasteiger partial charge in [0.1, 0.15) is 0 Å². The third kappa shape index (κ3) is 4.51. The lowest BCUT2D eigenvalue weighted by Crippen LogP contribution is -2.35. The molecule has 0 radical (unpaired) electrons. The van der Waals surface area contributed by atoms with Gasteiger partial charge in [0.15, 0.2) is 0 Å². The number of rotatable bonds is 6. The summed E-state index contributed by atoms with van der Waals surface area (Å²) in [5.74, 6) is -0.390. The molecular weight excluding hydrogens is 248 g/mol. The number of aliphatic hydroxyl groups excluding tert-OH is 1. The fourth-order valence-corrected chi connectivity index (χ4v) is 1.49.